The molecule has 4 N–H and O–H groups in total. The first-order valence-corrected chi connectivity index (χ1v) is 14.2. The second-order valence-electron chi connectivity index (χ2n) is 10.9. The quantitative estimate of drug-likeness (QED) is 0.203. The highest BCUT2D eigenvalue weighted by atomic mass is 16.2. The second kappa shape index (κ2) is 11.5. The normalized spacial score (nSPS) is 22.4. The maximum atomic E-state index is 13.0. The average Bonchev–Trinajstić information content (AvgIpc) is 3.22. The van der Waals surface area contributed by atoms with Crippen LogP contribution in [0.4, 0.5) is 5.69 Å². The number of carbonyl (C=O) groups is 4. The Morgan fingerprint density at radius 3 is 2.64 bits per heavy atom. The summed E-state index contributed by atoms with van der Waals surface area (Å²) in [6.45, 7) is 0.725. The van der Waals surface area contributed by atoms with Crippen LogP contribution in [-0.4, -0.2) is 63.3 Å². The van der Waals surface area contributed by atoms with Gasteiger partial charge in [0, 0.05) is 36.6 Å². The van der Waals surface area contributed by atoms with Gasteiger partial charge >= 0.3 is 0 Å². The van der Waals surface area contributed by atoms with Crippen molar-refractivity contribution in [1.29, 1.82) is 0 Å². The van der Waals surface area contributed by atoms with Crippen LogP contribution in [0, 0.1) is 5.92 Å². The Kier molecular flexibility index (Phi) is 7.47. The Hall–Kier alpha value is -4.93. The van der Waals surface area contributed by atoms with Crippen LogP contribution in [-0.2, 0) is 9.59 Å². The standard InChI is InChI=1S/C31H31N7O4/c32-15-19(26-17-35-24-5-1-2-6-25(24)36-26)16-34-21-12-18(13-21)4-3-11-33-20-7-8-22-23(14-20)31(42)38(30(22)41)27-9-10-28(39)37-29(27)40/h1-2,5-8,14-18,21,27,33H,3-4,9-13,32H2,(H,37,39,40). The van der Waals surface area contributed by atoms with Gasteiger partial charge in [-0.05, 0) is 68.4 Å². The summed E-state index contributed by atoms with van der Waals surface area (Å²) in [5.74, 6) is -1.42. The third kappa shape index (κ3) is 5.37. The summed E-state index contributed by atoms with van der Waals surface area (Å²) in [4.78, 5) is 64.4. The number of allylic oxidation sites excluding steroid dienone is 1. The van der Waals surface area contributed by atoms with Gasteiger partial charge in [-0.15, -0.1) is 0 Å². The number of aliphatic imine (C=N–C) groups is 1. The van der Waals surface area contributed by atoms with Gasteiger partial charge in [-0.25, -0.2) is 4.98 Å². The Balaban J connectivity index is 0.956. The number of imide groups is 2. The lowest BCUT2D eigenvalue weighted by molar-refractivity contribution is -0.136. The van der Waals surface area contributed by atoms with Crippen LogP contribution in [0.15, 0.2) is 59.9 Å². The molecular weight excluding hydrogens is 534 g/mol. The van der Waals surface area contributed by atoms with Gasteiger partial charge in [-0.3, -0.25) is 39.4 Å². The lowest BCUT2D eigenvalue weighted by atomic mass is 9.78. The van der Waals surface area contributed by atoms with Crippen molar-refractivity contribution in [2.75, 3.05) is 11.9 Å². The minimum atomic E-state index is -0.965. The maximum Gasteiger partial charge on any atom is 0.262 e. The number of nitrogens with zero attached hydrogens (tertiary/aromatic N) is 4. The summed E-state index contributed by atoms with van der Waals surface area (Å²) < 4.78 is 0. The van der Waals surface area contributed by atoms with Crippen LogP contribution in [0.5, 0.6) is 0 Å². The number of para-hydroxylation sites is 2. The van der Waals surface area contributed by atoms with Crippen molar-refractivity contribution < 1.29 is 19.2 Å². The summed E-state index contributed by atoms with van der Waals surface area (Å²) in [5, 5.41) is 5.55. The highest BCUT2D eigenvalue weighted by Crippen LogP contribution is 2.34. The van der Waals surface area contributed by atoms with Crippen molar-refractivity contribution in [1.82, 2.24) is 20.2 Å². The molecule has 2 aliphatic heterocycles. The molecule has 11 nitrogen and oxygen atoms in total. The number of hydrogen-bond acceptors (Lipinski definition) is 9. The first-order valence-electron chi connectivity index (χ1n) is 14.2. The van der Waals surface area contributed by atoms with Crippen LogP contribution < -0.4 is 16.4 Å². The van der Waals surface area contributed by atoms with E-state index < -0.39 is 29.7 Å². The van der Waals surface area contributed by atoms with Gasteiger partial charge in [0.2, 0.25) is 11.8 Å². The van der Waals surface area contributed by atoms with E-state index >= 15 is 0 Å². The zero-order chi connectivity index (χ0) is 29.2. The highest BCUT2D eigenvalue weighted by Gasteiger charge is 2.44. The average molecular weight is 566 g/mol. The minimum Gasteiger partial charge on any atom is -0.404 e. The molecule has 42 heavy (non-hydrogen) atoms. The fourth-order valence-electron chi connectivity index (χ4n) is 5.74. The summed E-state index contributed by atoms with van der Waals surface area (Å²) in [6.07, 6.45) is 9.30. The molecule has 2 fully saturated rings. The van der Waals surface area contributed by atoms with Crippen LogP contribution in [0.3, 0.4) is 0 Å². The number of benzene rings is 2. The van der Waals surface area contributed by atoms with E-state index in [4.69, 9.17) is 10.7 Å². The predicted octanol–water partition coefficient (Wildman–Crippen LogP) is 3.07. The number of piperidine rings is 1. The molecule has 1 saturated heterocycles. The van der Waals surface area contributed by atoms with Gasteiger partial charge in [0.1, 0.15) is 6.04 Å². The maximum absolute atomic E-state index is 13.0. The van der Waals surface area contributed by atoms with Crippen LogP contribution in [0.25, 0.3) is 16.6 Å². The van der Waals surface area contributed by atoms with E-state index in [0.717, 1.165) is 59.4 Å². The van der Waals surface area contributed by atoms with Crippen molar-refractivity contribution in [2.24, 2.45) is 16.6 Å². The van der Waals surface area contributed by atoms with Crippen LogP contribution >= 0.6 is 0 Å². The third-order valence-electron chi connectivity index (χ3n) is 8.12. The number of nitrogens with one attached hydrogen (secondary N) is 2. The molecule has 3 aromatic rings. The number of nitrogens with two attached hydrogens (primary N) is 1. The molecule has 4 amide bonds. The number of anilines is 1. The summed E-state index contributed by atoms with van der Waals surface area (Å²) in [6, 6.07) is 12.1. The number of aromatic nitrogens is 2. The molecule has 0 spiro atoms. The fourth-order valence-corrected chi connectivity index (χ4v) is 5.74. The molecule has 1 unspecified atom stereocenters. The molecule has 1 aliphatic carbocycles. The molecule has 3 aliphatic rings. The van der Waals surface area contributed by atoms with Gasteiger partial charge in [-0.1, -0.05) is 12.1 Å². The van der Waals surface area contributed by atoms with Gasteiger partial charge < -0.3 is 11.1 Å². The third-order valence-corrected chi connectivity index (χ3v) is 8.12. The molecule has 0 bridgehead atoms. The monoisotopic (exact) mass is 565 g/mol. The molecule has 214 valence electrons. The summed E-state index contributed by atoms with van der Waals surface area (Å²) >= 11 is 0. The van der Waals surface area contributed by atoms with E-state index in [9.17, 15) is 19.2 Å². The second-order valence-corrected chi connectivity index (χ2v) is 10.9. The van der Waals surface area contributed by atoms with Crippen molar-refractivity contribution in [3.8, 4) is 0 Å². The van der Waals surface area contributed by atoms with Crippen LogP contribution in [0.2, 0.25) is 0 Å². The Morgan fingerprint density at radius 1 is 1.07 bits per heavy atom. The number of fused-ring (bicyclic) bond motifs is 2. The smallest absolute Gasteiger partial charge is 0.262 e. The first kappa shape index (κ1) is 27.3. The van der Waals surface area contributed by atoms with E-state index in [-0.39, 0.29) is 30.0 Å². The molecule has 1 saturated carbocycles. The molecule has 0 radical (unpaired) electrons. The van der Waals surface area contributed by atoms with E-state index in [2.05, 4.69) is 20.6 Å². The molecule has 11 heteroatoms. The van der Waals surface area contributed by atoms with Gasteiger partial charge in [0.05, 0.1) is 40.1 Å². The predicted molar refractivity (Wildman–Crippen MR) is 158 cm³/mol. The first-order chi connectivity index (χ1) is 20.4. The topological polar surface area (TPSA) is 160 Å². The van der Waals surface area contributed by atoms with E-state index in [1.54, 1.807) is 30.6 Å². The number of hydrogen-bond donors (Lipinski definition) is 3. The van der Waals surface area contributed by atoms with E-state index in [1.165, 1.54) is 6.20 Å². The Bertz CT molecular complexity index is 1640. The lowest BCUT2D eigenvalue weighted by Gasteiger charge is -2.32. The largest absolute Gasteiger partial charge is 0.404 e. The summed E-state index contributed by atoms with van der Waals surface area (Å²) in [7, 11) is 0. The molecule has 3 heterocycles. The Morgan fingerprint density at radius 2 is 1.86 bits per heavy atom. The zero-order valence-corrected chi connectivity index (χ0v) is 23.0. The Labute approximate surface area is 242 Å². The van der Waals surface area contributed by atoms with E-state index in [0.29, 0.717) is 11.6 Å². The lowest BCUT2D eigenvalue weighted by Crippen LogP contribution is -2.54. The molecule has 1 atom stereocenters. The zero-order valence-electron chi connectivity index (χ0n) is 23.0. The molecule has 1 aromatic heterocycles. The molecular formula is C31H31N7O4. The van der Waals surface area contributed by atoms with Gasteiger partial charge in [0.25, 0.3) is 11.8 Å². The van der Waals surface area contributed by atoms with Crippen LogP contribution in [0.1, 0.15) is 64.9 Å². The van der Waals surface area contributed by atoms with Crippen molar-refractivity contribution in [2.45, 2.75) is 50.6 Å². The minimum absolute atomic E-state index is 0.0943. The molecule has 2 aromatic carbocycles. The summed E-state index contributed by atoms with van der Waals surface area (Å²) in [5.41, 5.74) is 10.2. The highest BCUT2D eigenvalue weighted by molar-refractivity contribution is 6.23. The van der Waals surface area contributed by atoms with Gasteiger partial charge in [0.15, 0.2) is 0 Å². The number of amides is 4. The molecule has 6 rings (SSSR count). The van der Waals surface area contributed by atoms with Crippen molar-refractivity contribution >= 4 is 52.1 Å². The fraction of sp³-hybridized carbons (Fsp3) is 0.323. The van der Waals surface area contributed by atoms with Gasteiger partial charge in [-0.2, -0.15) is 0 Å². The number of rotatable bonds is 9. The SMILES string of the molecule is NC=C(C=NC1CC(CCCNc2ccc3c(c2)C(=O)N(C2CCC(=O)NC2=O)C3=O)C1)c1cnc2ccccc2n1. The van der Waals surface area contributed by atoms with Crippen molar-refractivity contribution in [3.05, 3.63) is 71.7 Å². The number of carbonyl (C=O) groups excluding carboxylic acids is 4. The van der Waals surface area contributed by atoms with Crippen molar-refractivity contribution in [3.63, 3.8) is 0 Å². The van der Waals surface area contributed by atoms with E-state index in [1.807, 2.05) is 24.3 Å².